The first-order valence-electron chi connectivity index (χ1n) is 8.58. The minimum atomic E-state index is -0.0698. The van der Waals surface area contributed by atoms with Gasteiger partial charge in [-0.05, 0) is 30.7 Å². The smallest absolute Gasteiger partial charge is 0.244 e. The SMILES string of the molecule is Cc1nc2ccccc2n1CC(=O)Nc1ccccc1-c1ccccc1. The first-order valence-corrected chi connectivity index (χ1v) is 8.58. The van der Waals surface area contributed by atoms with E-state index in [4.69, 9.17) is 0 Å². The summed E-state index contributed by atoms with van der Waals surface area (Å²) in [6.07, 6.45) is 0. The van der Waals surface area contributed by atoms with Gasteiger partial charge in [0, 0.05) is 11.3 Å². The minimum absolute atomic E-state index is 0.0698. The van der Waals surface area contributed by atoms with E-state index in [-0.39, 0.29) is 12.5 Å². The Balaban J connectivity index is 1.61. The van der Waals surface area contributed by atoms with Crippen LogP contribution in [0.2, 0.25) is 0 Å². The molecular weight excluding hydrogens is 322 g/mol. The molecule has 0 spiro atoms. The summed E-state index contributed by atoms with van der Waals surface area (Å²) in [6, 6.07) is 25.8. The Morgan fingerprint density at radius 2 is 1.62 bits per heavy atom. The van der Waals surface area contributed by atoms with Gasteiger partial charge < -0.3 is 9.88 Å². The van der Waals surface area contributed by atoms with Gasteiger partial charge in [0.05, 0.1) is 11.0 Å². The number of nitrogens with zero attached hydrogens (tertiary/aromatic N) is 2. The molecule has 4 aromatic rings. The van der Waals surface area contributed by atoms with Crippen molar-refractivity contribution in [2.45, 2.75) is 13.5 Å². The molecule has 0 aliphatic rings. The monoisotopic (exact) mass is 341 g/mol. The molecule has 4 nitrogen and oxygen atoms in total. The quantitative estimate of drug-likeness (QED) is 0.587. The molecule has 0 bridgehead atoms. The second kappa shape index (κ2) is 6.84. The van der Waals surface area contributed by atoms with Crippen LogP contribution in [0.3, 0.4) is 0 Å². The van der Waals surface area contributed by atoms with E-state index in [9.17, 15) is 4.79 Å². The van der Waals surface area contributed by atoms with Gasteiger partial charge in [-0.3, -0.25) is 4.79 Å². The topological polar surface area (TPSA) is 46.9 Å². The first-order chi connectivity index (χ1) is 12.7. The molecule has 0 aliphatic carbocycles. The van der Waals surface area contributed by atoms with E-state index in [1.54, 1.807) is 0 Å². The summed E-state index contributed by atoms with van der Waals surface area (Å²) >= 11 is 0. The van der Waals surface area contributed by atoms with Crippen molar-refractivity contribution in [1.82, 2.24) is 9.55 Å². The van der Waals surface area contributed by atoms with Gasteiger partial charge in [0.15, 0.2) is 0 Å². The number of para-hydroxylation sites is 3. The van der Waals surface area contributed by atoms with Crippen LogP contribution in [-0.4, -0.2) is 15.5 Å². The van der Waals surface area contributed by atoms with Crippen molar-refractivity contribution in [2.75, 3.05) is 5.32 Å². The number of carbonyl (C=O) groups is 1. The zero-order chi connectivity index (χ0) is 17.9. The summed E-state index contributed by atoms with van der Waals surface area (Å²) in [5.74, 6) is 0.761. The minimum Gasteiger partial charge on any atom is -0.324 e. The Morgan fingerprint density at radius 3 is 2.46 bits per heavy atom. The normalized spacial score (nSPS) is 10.8. The third kappa shape index (κ3) is 3.09. The van der Waals surface area contributed by atoms with E-state index in [1.165, 1.54) is 0 Å². The number of hydrogen-bond acceptors (Lipinski definition) is 2. The zero-order valence-electron chi connectivity index (χ0n) is 14.5. The van der Waals surface area contributed by atoms with Gasteiger partial charge in [0.2, 0.25) is 5.91 Å². The molecule has 0 unspecified atom stereocenters. The molecular formula is C22H19N3O. The van der Waals surface area contributed by atoms with E-state index in [2.05, 4.69) is 10.3 Å². The Morgan fingerprint density at radius 1 is 0.923 bits per heavy atom. The molecule has 1 amide bonds. The second-order valence-corrected chi connectivity index (χ2v) is 6.19. The Bertz CT molecular complexity index is 1070. The van der Waals surface area contributed by atoms with Crippen LogP contribution in [-0.2, 0) is 11.3 Å². The molecule has 0 saturated carbocycles. The summed E-state index contributed by atoms with van der Waals surface area (Å²) in [6.45, 7) is 2.15. The summed E-state index contributed by atoms with van der Waals surface area (Å²) in [4.78, 5) is 17.2. The van der Waals surface area contributed by atoms with Crippen LogP contribution in [0.15, 0.2) is 78.9 Å². The molecule has 4 rings (SSSR count). The molecule has 0 saturated heterocycles. The number of aryl methyl sites for hydroxylation is 1. The molecule has 0 fully saturated rings. The predicted octanol–water partition coefficient (Wildman–Crippen LogP) is 4.65. The van der Waals surface area contributed by atoms with Crippen molar-refractivity contribution in [3.05, 3.63) is 84.7 Å². The van der Waals surface area contributed by atoms with Gasteiger partial charge in [0.1, 0.15) is 12.4 Å². The highest BCUT2D eigenvalue weighted by Crippen LogP contribution is 2.27. The fraction of sp³-hybridized carbons (Fsp3) is 0.0909. The molecule has 1 aromatic heterocycles. The Kier molecular flexibility index (Phi) is 4.23. The number of amides is 1. The van der Waals surface area contributed by atoms with Crippen molar-refractivity contribution < 1.29 is 4.79 Å². The van der Waals surface area contributed by atoms with Crippen LogP contribution >= 0.6 is 0 Å². The van der Waals surface area contributed by atoms with Crippen LogP contribution in [0.4, 0.5) is 5.69 Å². The van der Waals surface area contributed by atoms with Crippen molar-refractivity contribution >= 4 is 22.6 Å². The molecule has 0 radical (unpaired) electrons. The van der Waals surface area contributed by atoms with E-state index in [0.29, 0.717) is 0 Å². The number of aromatic nitrogens is 2. The van der Waals surface area contributed by atoms with Gasteiger partial charge in [0.25, 0.3) is 0 Å². The number of hydrogen-bond donors (Lipinski definition) is 1. The van der Waals surface area contributed by atoms with Crippen LogP contribution in [0, 0.1) is 6.92 Å². The first kappa shape index (κ1) is 16.1. The highest BCUT2D eigenvalue weighted by atomic mass is 16.1. The number of carbonyl (C=O) groups excluding carboxylic acids is 1. The average Bonchev–Trinajstić information content (AvgIpc) is 2.98. The highest BCUT2D eigenvalue weighted by molar-refractivity contribution is 5.96. The van der Waals surface area contributed by atoms with Gasteiger partial charge >= 0.3 is 0 Å². The molecule has 26 heavy (non-hydrogen) atoms. The van der Waals surface area contributed by atoms with E-state index in [0.717, 1.165) is 33.7 Å². The van der Waals surface area contributed by atoms with Crippen LogP contribution in [0.5, 0.6) is 0 Å². The molecule has 0 aliphatic heterocycles. The molecule has 128 valence electrons. The number of imidazole rings is 1. The van der Waals surface area contributed by atoms with Crippen LogP contribution < -0.4 is 5.32 Å². The number of benzene rings is 3. The van der Waals surface area contributed by atoms with Crippen molar-refractivity contribution in [2.24, 2.45) is 0 Å². The lowest BCUT2D eigenvalue weighted by Gasteiger charge is -2.12. The van der Waals surface area contributed by atoms with Gasteiger partial charge in [-0.1, -0.05) is 60.7 Å². The maximum atomic E-state index is 12.7. The molecule has 0 atom stereocenters. The Labute approximate surface area is 152 Å². The summed E-state index contributed by atoms with van der Waals surface area (Å²) in [7, 11) is 0. The fourth-order valence-electron chi connectivity index (χ4n) is 3.19. The molecule has 3 aromatic carbocycles. The van der Waals surface area contributed by atoms with E-state index in [1.807, 2.05) is 90.4 Å². The number of rotatable bonds is 4. The third-order valence-corrected chi connectivity index (χ3v) is 4.43. The lowest BCUT2D eigenvalue weighted by molar-refractivity contribution is -0.116. The summed E-state index contributed by atoms with van der Waals surface area (Å²) in [5, 5.41) is 3.05. The number of fused-ring (bicyclic) bond motifs is 1. The third-order valence-electron chi connectivity index (χ3n) is 4.43. The van der Waals surface area contributed by atoms with Gasteiger partial charge in [-0.15, -0.1) is 0 Å². The zero-order valence-corrected chi connectivity index (χ0v) is 14.5. The van der Waals surface area contributed by atoms with Crippen molar-refractivity contribution in [3.8, 4) is 11.1 Å². The summed E-state index contributed by atoms with van der Waals surface area (Å²) < 4.78 is 1.94. The summed E-state index contributed by atoms with van der Waals surface area (Å²) in [5.41, 5.74) is 4.77. The Hall–Kier alpha value is -3.40. The lowest BCUT2D eigenvalue weighted by Crippen LogP contribution is -2.19. The standard InChI is InChI=1S/C22H19N3O/c1-16-23-20-13-7-8-14-21(20)25(16)15-22(26)24-19-12-6-5-11-18(19)17-9-3-2-4-10-17/h2-14H,15H2,1H3,(H,24,26). The van der Waals surface area contributed by atoms with E-state index >= 15 is 0 Å². The fourth-order valence-corrected chi connectivity index (χ4v) is 3.19. The van der Waals surface area contributed by atoms with Crippen molar-refractivity contribution in [3.63, 3.8) is 0 Å². The number of nitrogens with one attached hydrogen (secondary N) is 1. The van der Waals surface area contributed by atoms with Gasteiger partial charge in [-0.2, -0.15) is 0 Å². The molecule has 4 heteroatoms. The molecule has 1 N–H and O–H groups in total. The lowest BCUT2D eigenvalue weighted by atomic mass is 10.0. The largest absolute Gasteiger partial charge is 0.324 e. The second-order valence-electron chi connectivity index (χ2n) is 6.19. The van der Waals surface area contributed by atoms with Gasteiger partial charge in [-0.25, -0.2) is 4.98 Å². The highest BCUT2D eigenvalue weighted by Gasteiger charge is 2.12. The van der Waals surface area contributed by atoms with Crippen LogP contribution in [0.25, 0.3) is 22.2 Å². The average molecular weight is 341 g/mol. The predicted molar refractivity (Wildman–Crippen MR) is 105 cm³/mol. The van der Waals surface area contributed by atoms with E-state index < -0.39 is 0 Å². The number of anilines is 1. The maximum absolute atomic E-state index is 12.7. The van der Waals surface area contributed by atoms with Crippen molar-refractivity contribution in [1.29, 1.82) is 0 Å². The van der Waals surface area contributed by atoms with Crippen LogP contribution in [0.1, 0.15) is 5.82 Å². The molecule has 1 heterocycles. The maximum Gasteiger partial charge on any atom is 0.244 e.